The fraction of sp³-hybridized carbons (Fsp3) is 0.621. The number of aliphatic hydroxyl groups excluding tert-OH is 1. The number of methoxy groups -OCH3 is 1. The molecule has 0 radical (unpaired) electrons. The normalized spacial score (nSPS) is 15.6. The summed E-state index contributed by atoms with van der Waals surface area (Å²) in [5, 5.41) is 21.7. The molecule has 0 aromatic heterocycles. The lowest BCUT2D eigenvalue weighted by molar-refractivity contribution is -0.146. The van der Waals surface area contributed by atoms with Crippen LogP contribution in [-0.2, 0) is 35.1 Å². The highest BCUT2D eigenvalue weighted by Crippen LogP contribution is 2.12. The van der Waals surface area contributed by atoms with E-state index in [0.29, 0.717) is 0 Å². The summed E-state index contributed by atoms with van der Waals surface area (Å²) in [6, 6.07) is 4.99. The Kier molecular flexibility index (Phi) is 15.0. The first kappa shape index (κ1) is 35.5. The predicted octanol–water partition coefficient (Wildman–Crippen LogP) is 0.162. The van der Waals surface area contributed by atoms with E-state index in [1.54, 1.807) is 27.7 Å². The van der Waals surface area contributed by atoms with Crippen molar-refractivity contribution in [2.24, 2.45) is 17.6 Å². The van der Waals surface area contributed by atoms with Crippen molar-refractivity contribution in [1.29, 1.82) is 0 Å². The van der Waals surface area contributed by atoms with Gasteiger partial charge in [-0.1, -0.05) is 58.0 Å². The van der Waals surface area contributed by atoms with Crippen LogP contribution in [0.25, 0.3) is 0 Å². The maximum absolute atomic E-state index is 12.9. The minimum absolute atomic E-state index is 0.00655. The van der Waals surface area contributed by atoms with Gasteiger partial charge in [0.1, 0.15) is 18.1 Å². The molecule has 1 aromatic rings. The third-order valence-electron chi connectivity index (χ3n) is 6.61. The van der Waals surface area contributed by atoms with Gasteiger partial charge in [0.15, 0.2) is 0 Å². The summed E-state index contributed by atoms with van der Waals surface area (Å²) in [7, 11) is 1.24. The number of carbonyl (C=O) groups is 5. The lowest BCUT2D eigenvalue weighted by Crippen LogP contribution is -2.55. The van der Waals surface area contributed by atoms with E-state index in [9.17, 15) is 29.1 Å². The molecule has 230 valence electrons. The number of benzene rings is 1. The summed E-state index contributed by atoms with van der Waals surface area (Å²) in [5.74, 6) is -3.08. The smallest absolute Gasteiger partial charge is 0.328 e. The Labute approximate surface area is 242 Å². The van der Waals surface area contributed by atoms with Gasteiger partial charge in [-0.05, 0) is 44.1 Å². The van der Waals surface area contributed by atoms with E-state index in [1.807, 2.05) is 30.3 Å². The number of esters is 1. The fourth-order valence-corrected chi connectivity index (χ4v) is 4.00. The molecule has 41 heavy (non-hydrogen) atoms. The monoisotopic (exact) mass is 577 g/mol. The van der Waals surface area contributed by atoms with Crippen molar-refractivity contribution in [1.82, 2.24) is 21.3 Å². The molecule has 0 saturated carbocycles. The van der Waals surface area contributed by atoms with Gasteiger partial charge in [-0.25, -0.2) is 4.79 Å². The van der Waals surface area contributed by atoms with Crippen LogP contribution in [0.3, 0.4) is 0 Å². The van der Waals surface area contributed by atoms with Gasteiger partial charge in [0.05, 0.1) is 25.3 Å². The van der Waals surface area contributed by atoms with Crippen molar-refractivity contribution < 1.29 is 33.8 Å². The van der Waals surface area contributed by atoms with Gasteiger partial charge < -0.3 is 36.8 Å². The Morgan fingerprint density at radius 3 is 1.90 bits per heavy atom. The molecule has 0 heterocycles. The number of amides is 4. The van der Waals surface area contributed by atoms with Crippen LogP contribution in [0, 0.1) is 11.8 Å². The van der Waals surface area contributed by atoms with E-state index < -0.39 is 65.9 Å². The number of hydrogen-bond acceptors (Lipinski definition) is 8. The predicted molar refractivity (Wildman–Crippen MR) is 154 cm³/mol. The van der Waals surface area contributed by atoms with Crippen molar-refractivity contribution in [3.63, 3.8) is 0 Å². The molecule has 0 aliphatic carbocycles. The first-order valence-electron chi connectivity index (χ1n) is 13.9. The topological polar surface area (TPSA) is 189 Å². The van der Waals surface area contributed by atoms with Crippen molar-refractivity contribution in [2.75, 3.05) is 7.11 Å². The maximum atomic E-state index is 12.9. The lowest BCUT2D eigenvalue weighted by atomic mass is 9.97. The van der Waals surface area contributed by atoms with E-state index in [2.05, 4.69) is 21.3 Å². The third-order valence-corrected chi connectivity index (χ3v) is 6.61. The van der Waals surface area contributed by atoms with Gasteiger partial charge in [-0.15, -0.1) is 0 Å². The fourth-order valence-electron chi connectivity index (χ4n) is 4.00. The van der Waals surface area contributed by atoms with Gasteiger partial charge >= 0.3 is 5.97 Å². The molecule has 0 spiro atoms. The second-order valence-corrected chi connectivity index (χ2v) is 11.0. The molecule has 0 aliphatic rings. The summed E-state index contributed by atoms with van der Waals surface area (Å²) >= 11 is 0. The molecular formula is C29H47N5O7. The molecule has 12 nitrogen and oxygen atoms in total. The molecule has 4 amide bonds. The van der Waals surface area contributed by atoms with Crippen molar-refractivity contribution in [2.45, 2.75) is 97.1 Å². The molecule has 6 atom stereocenters. The van der Waals surface area contributed by atoms with Crippen molar-refractivity contribution >= 4 is 29.6 Å². The van der Waals surface area contributed by atoms with E-state index in [0.717, 1.165) is 5.56 Å². The van der Waals surface area contributed by atoms with Crippen LogP contribution in [0.4, 0.5) is 0 Å². The van der Waals surface area contributed by atoms with Gasteiger partial charge in [0.25, 0.3) is 0 Å². The first-order chi connectivity index (χ1) is 19.2. The highest BCUT2D eigenvalue weighted by atomic mass is 16.5. The van der Waals surface area contributed by atoms with Gasteiger partial charge in [-0.3, -0.25) is 19.2 Å². The Bertz CT molecular complexity index is 1020. The third kappa shape index (κ3) is 12.3. The number of ether oxygens (including phenoxy) is 1. The zero-order valence-electron chi connectivity index (χ0n) is 25.1. The minimum atomic E-state index is -1.11. The molecule has 12 heteroatoms. The minimum Gasteiger partial charge on any atom is -0.467 e. The maximum Gasteiger partial charge on any atom is 0.328 e. The number of nitrogens with one attached hydrogen (secondary N) is 4. The molecule has 1 rings (SSSR count). The zero-order valence-corrected chi connectivity index (χ0v) is 25.1. The van der Waals surface area contributed by atoms with Gasteiger partial charge in [0.2, 0.25) is 23.6 Å². The number of nitrogens with two attached hydrogens (primary N) is 1. The number of aliphatic hydroxyl groups is 1. The molecule has 0 saturated heterocycles. The average molecular weight is 578 g/mol. The highest BCUT2D eigenvalue weighted by molar-refractivity contribution is 5.91. The molecule has 0 fully saturated rings. The molecule has 1 aromatic carbocycles. The summed E-state index contributed by atoms with van der Waals surface area (Å²) in [5.41, 5.74) is 6.42. The second-order valence-electron chi connectivity index (χ2n) is 11.0. The summed E-state index contributed by atoms with van der Waals surface area (Å²) in [6.45, 7) is 10.1. The van der Waals surface area contributed by atoms with E-state index in [4.69, 9.17) is 10.5 Å². The molecule has 0 unspecified atom stereocenters. The molecule has 0 bridgehead atoms. The van der Waals surface area contributed by atoms with Crippen LogP contribution in [0.2, 0.25) is 0 Å². The number of hydrogen-bond donors (Lipinski definition) is 6. The molecule has 0 aliphatic heterocycles. The number of carbonyl (C=O) groups excluding carboxylic acids is 5. The van der Waals surface area contributed by atoms with E-state index in [1.165, 1.54) is 21.0 Å². The van der Waals surface area contributed by atoms with Crippen LogP contribution in [0.5, 0.6) is 0 Å². The average Bonchev–Trinajstić information content (AvgIpc) is 2.92. The highest BCUT2D eigenvalue weighted by Gasteiger charge is 2.31. The van der Waals surface area contributed by atoms with Crippen LogP contribution < -0.4 is 27.0 Å². The number of rotatable bonds is 16. The SMILES string of the molecule is COC(=O)[C@@H](NC(=O)[C@@H](NC(=O)CC[C@H](O)[C@H](Cc1ccccc1)NC(=O)[C@@H](C)NC(=O)[C@H](C)N)C(C)C)C(C)C. The quantitative estimate of drug-likeness (QED) is 0.150. The van der Waals surface area contributed by atoms with Crippen molar-refractivity contribution in [3.05, 3.63) is 35.9 Å². The van der Waals surface area contributed by atoms with Gasteiger partial charge in [-0.2, -0.15) is 0 Å². The van der Waals surface area contributed by atoms with Crippen LogP contribution in [0.1, 0.15) is 59.9 Å². The Morgan fingerprint density at radius 1 is 0.805 bits per heavy atom. The Balaban J connectivity index is 2.90. The largest absolute Gasteiger partial charge is 0.467 e. The Morgan fingerprint density at radius 2 is 1.39 bits per heavy atom. The van der Waals surface area contributed by atoms with Crippen LogP contribution in [0.15, 0.2) is 30.3 Å². The van der Waals surface area contributed by atoms with Crippen LogP contribution >= 0.6 is 0 Å². The van der Waals surface area contributed by atoms with Crippen molar-refractivity contribution in [3.8, 4) is 0 Å². The van der Waals surface area contributed by atoms with Crippen LogP contribution in [-0.4, -0.2) is 78.1 Å². The standard InChI is InChI=1S/C29H47N5O7/c1-16(2)24(28(39)34-25(17(3)4)29(40)41-7)33-23(36)14-13-22(35)21(15-20-11-9-8-10-12-20)32-27(38)19(6)31-26(37)18(5)30/h8-12,16-19,21-22,24-25,35H,13-15,30H2,1-7H3,(H,31,37)(H,32,38)(H,33,36)(H,34,39)/t18-,19+,21-,22-,24-,25-/m0/s1. The molecular weight excluding hydrogens is 530 g/mol. The van der Waals surface area contributed by atoms with E-state index in [-0.39, 0.29) is 31.1 Å². The summed E-state index contributed by atoms with van der Waals surface area (Å²) < 4.78 is 4.77. The van der Waals surface area contributed by atoms with Gasteiger partial charge in [0, 0.05) is 6.42 Å². The second kappa shape index (κ2) is 17.3. The first-order valence-corrected chi connectivity index (χ1v) is 13.9. The van der Waals surface area contributed by atoms with E-state index >= 15 is 0 Å². The molecule has 7 N–H and O–H groups in total. The summed E-state index contributed by atoms with van der Waals surface area (Å²) in [4.78, 5) is 62.6. The lowest BCUT2D eigenvalue weighted by Gasteiger charge is -2.27. The Hall–Kier alpha value is -3.51. The zero-order chi connectivity index (χ0) is 31.3. The summed E-state index contributed by atoms with van der Waals surface area (Å²) in [6.07, 6.45) is -0.963.